The molecule has 1 unspecified atom stereocenters. The molecule has 0 aliphatic rings. The van der Waals surface area contributed by atoms with Gasteiger partial charge >= 0.3 is 0 Å². The van der Waals surface area contributed by atoms with Crippen LogP contribution in [0.15, 0.2) is 18.6 Å². The van der Waals surface area contributed by atoms with Gasteiger partial charge in [0.1, 0.15) is 10.4 Å². The van der Waals surface area contributed by atoms with E-state index in [9.17, 15) is 0 Å². The number of pyridine rings is 1. The zero-order valence-electron chi connectivity index (χ0n) is 17.7. The molecule has 0 radical (unpaired) electrons. The molecule has 2 aromatic rings. The molecule has 5 nitrogen and oxygen atoms in total. The number of aryl methyl sites for hydroxylation is 2. The van der Waals surface area contributed by atoms with Crippen LogP contribution in [-0.2, 0) is 6.54 Å². The third-order valence-corrected chi connectivity index (χ3v) is 4.36. The molecule has 0 aromatic carbocycles. The van der Waals surface area contributed by atoms with Crippen molar-refractivity contribution in [3.05, 3.63) is 34.9 Å². The van der Waals surface area contributed by atoms with Gasteiger partial charge in [-0.15, -0.1) is 12.6 Å². The van der Waals surface area contributed by atoms with Gasteiger partial charge in [-0.2, -0.15) is 0 Å². The molecule has 0 bridgehead atoms. The molecule has 27 heavy (non-hydrogen) atoms. The van der Waals surface area contributed by atoms with Gasteiger partial charge in [0.25, 0.3) is 0 Å². The van der Waals surface area contributed by atoms with Crippen LogP contribution in [0.1, 0.15) is 58.7 Å². The fourth-order valence-corrected chi connectivity index (χ4v) is 2.61. The smallest absolute Gasteiger partial charge is 0.161 e. The average Bonchev–Trinajstić information content (AvgIpc) is 2.96. The highest BCUT2D eigenvalue weighted by Crippen LogP contribution is 2.27. The van der Waals surface area contributed by atoms with E-state index in [4.69, 9.17) is 22.4 Å². The normalized spacial score (nSPS) is 11.9. The number of nitrogens with zero attached hydrogens (tertiary/aromatic N) is 3. The van der Waals surface area contributed by atoms with Crippen molar-refractivity contribution in [2.75, 3.05) is 0 Å². The molecule has 0 saturated carbocycles. The molecule has 0 saturated heterocycles. The number of allylic oxidation sites excluding steroid dienone is 1. The van der Waals surface area contributed by atoms with Crippen LogP contribution in [0.5, 0.6) is 0 Å². The van der Waals surface area contributed by atoms with Gasteiger partial charge in [0.15, 0.2) is 5.65 Å². The second-order valence-corrected chi connectivity index (χ2v) is 8.18. The predicted molar refractivity (Wildman–Crippen MR) is 120 cm³/mol. The van der Waals surface area contributed by atoms with Gasteiger partial charge in [-0.1, -0.05) is 39.0 Å². The number of halogens is 1. The van der Waals surface area contributed by atoms with Crippen LogP contribution in [0.25, 0.3) is 11.2 Å². The highest BCUT2D eigenvalue weighted by molar-refractivity contribution is 7.81. The van der Waals surface area contributed by atoms with Crippen LogP contribution in [0.4, 0.5) is 0 Å². The Hall–Kier alpha value is -1.24. The van der Waals surface area contributed by atoms with Gasteiger partial charge in [0.2, 0.25) is 0 Å². The summed E-state index contributed by atoms with van der Waals surface area (Å²) in [4.78, 5) is 8.18. The molecule has 0 fully saturated rings. The zero-order valence-corrected chi connectivity index (χ0v) is 19.3. The average molecular weight is 415 g/mol. The van der Waals surface area contributed by atoms with Crippen molar-refractivity contribution in [2.24, 2.45) is 11.7 Å². The maximum Gasteiger partial charge on any atom is 0.161 e. The third-order valence-electron chi connectivity index (χ3n) is 3.90. The lowest BCUT2D eigenvalue weighted by Gasteiger charge is -2.14. The monoisotopic (exact) mass is 414 g/mol. The van der Waals surface area contributed by atoms with Crippen LogP contribution < -0.4 is 5.73 Å². The van der Waals surface area contributed by atoms with Crippen LogP contribution in [0.3, 0.4) is 0 Å². The Morgan fingerprint density at radius 3 is 2.37 bits per heavy atom. The lowest BCUT2D eigenvalue weighted by molar-refractivity contribution is 0.181. The molecular formula is C20H35ClN4OS. The number of thiol groups is 1. The number of aliphatic hydroxyl groups is 1. The molecule has 0 aliphatic carbocycles. The summed E-state index contributed by atoms with van der Waals surface area (Å²) < 4.78 is 2.04. The van der Waals surface area contributed by atoms with Crippen LogP contribution >= 0.6 is 24.2 Å². The molecule has 3 N–H and O–H groups in total. The Balaban J connectivity index is 0.000000838. The molecule has 1 atom stereocenters. The first-order valence-electron chi connectivity index (χ1n) is 9.32. The van der Waals surface area contributed by atoms with E-state index in [1.54, 1.807) is 20.2 Å². The fourth-order valence-electron chi connectivity index (χ4n) is 2.34. The quantitative estimate of drug-likeness (QED) is 0.460. The first-order valence-corrected chi connectivity index (χ1v) is 10.1. The maximum atomic E-state index is 8.39. The molecular weight excluding hydrogens is 380 g/mol. The third kappa shape index (κ3) is 8.54. The summed E-state index contributed by atoms with van der Waals surface area (Å²) in [5.74, 6) is 0.328. The second kappa shape index (κ2) is 11.6. The first-order chi connectivity index (χ1) is 12.5. The highest BCUT2D eigenvalue weighted by atomic mass is 35.5. The minimum Gasteiger partial charge on any atom is -0.402 e. The van der Waals surface area contributed by atoms with Crippen molar-refractivity contribution < 1.29 is 5.11 Å². The van der Waals surface area contributed by atoms with E-state index < -0.39 is 4.93 Å². The molecule has 0 amide bonds. The molecule has 2 aromatic heterocycles. The lowest BCUT2D eigenvalue weighted by Crippen LogP contribution is -2.13. The molecule has 154 valence electrons. The van der Waals surface area contributed by atoms with Gasteiger partial charge in [0.05, 0.1) is 11.3 Å². The van der Waals surface area contributed by atoms with Crippen molar-refractivity contribution in [2.45, 2.75) is 72.8 Å². The summed E-state index contributed by atoms with van der Waals surface area (Å²) in [6.45, 7) is 17.9. The van der Waals surface area contributed by atoms with Crippen molar-refractivity contribution in [3.8, 4) is 0 Å². The summed E-state index contributed by atoms with van der Waals surface area (Å²) in [6, 6.07) is 0. The number of hydrogen-bond acceptors (Lipinski definition) is 5. The van der Waals surface area contributed by atoms with Crippen LogP contribution in [-0.4, -0.2) is 24.6 Å². The summed E-state index contributed by atoms with van der Waals surface area (Å²) in [5.41, 5.74) is 10.1. The Morgan fingerprint density at radius 2 is 1.93 bits per heavy atom. The molecule has 0 aliphatic heterocycles. The highest BCUT2D eigenvalue weighted by Gasteiger charge is 2.14. The van der Waals surface area contributed by atoms with Gasteiger partial charge in [-0.05, 0) is 52.0 Å². The predicted octanol–water partition coefficient (Wildman–Crippen LogP) is 5.26. The number of fused-ring (bicyclic) bond motifs is 1. The Morgan fingerprint density at radius 1 is 1.41 bits per heavy atom. The number of nitrogens with two attached hydrogens (primary N) is 1. The summed E-state index contributed by atoms with van der Waals surface area (Å²) in [7, 11) is 0. The lowest BCUT2D eigenvalue weighted by atomic mass is 10.00. The van der Waals surface area contributed by atoms with E-state index in [1.165, 1.54) is 0 Å². The van der Waals surface area contributed by atoms with Gasteiger partial charge in [-0.3, -0.25) is 0 Å². The van der Waals surface area contributed by atoms with Crippen LogP contribution in [0, 0.1) is 19.8 Å². The number of imidazole rings is 1. The van der Waals surface area contributed by atoms with Gasteiger partial charge < -0.3 is 15.4 Å². The fraction of sp³-hybridized carbons (Fsp3) is 0.600. The van der Waals surface area contributed by atoms with Crippen molar-refractivity contribution in [1.29, 1.82) is 0 Å². The van der Waals surface area contributed by atoms with Gasteiger partial charge in [-0.25, -0.2) is 9.97 Å². The minimum atomic E-state index is -0.806. The van der Waals surface area contributed by atoms with Crippen molar-refractivity contribution in [3.63, 3.8) is 0 Å². The second-order valence-electron chi connectivity index (χ2n) is 6.71. The Kier molecular flexibility index (Phi) is 11.0. The van der Waals surface area contributed by atoms with E-state index in [0.29, 0.717) is 10.9 Å². The Bertz CT molecular complexity index is 732. The summed E-state index contributed by atoms with van der Waals surface area (Å²) >= 11 is 10.0. The van der Waals surface area contributed by atoms with E-state index in [2.05, 4.69) is 36.1 Å². The molecule has 2 rings (SSSR count). The van der Waals surface area contributed by atoms with E-state index in [1.807, 2.05) is 32.3 Å². The standard InChI is InChI=1S/C15H21ClN4.C3H8OS.C2H6/c1-5-12(10(3)17)6-7-20-8-18-14-13(16)9(2)11(4)19-15(14)20;1-3(2,4)5;1-2/h8,12H,3,5-7,17H2,1-2,4H3;4-5H,1-2H3;1-2H3. The van der Waals surface area contributed by atoms with E-state index >= 15 is 0 Å². The van der Waals surface area contributed by atoms with Crippen LogP contribution in [0.2, 0.25) is 5.02 Å². The molecule has 2 heterocycles. The van der Waals surface area contributed by atoms with Gasteiger partial charge in [0, 0.05) is 17.9 Å². The molecule has 0 spiro atoms. The van der Waals surface area contributed by atoms with Crippen molar-refractivity contribution >= 4 is 35.4 Å². The first kappa shape index (κ1) is 25.8. The summed E-state index contributed by atoms with van der Waals surface area (Å²) in [6.07, 6.45) is 3.73. The Labute approximate surface area is 174 Å². The summed E-state index contributed by atoms with van der Waals surface area (Å²) in [5, 5.41) is 9.08. The van der Waals surface area contributed by atoms with E-state index in [0.717, 1.165) is 47.5 Å². The number of rotatable bonds is 5. The number of aromatic nitrogens is 3. The largest absolute Gasteiger partial charge is 0.402 e. The molecule has 7 heteroatoms. The number of hydrogen-bond donors (Lipinski definition) is 3. The minimum absolute atomic E-state index is 0.328. The van der Waals surface area contributed by atoms with Crippen molar-refractivity contribution in [1.82, 2.24) is 14.5 Å². The zero-order chi connectivity index (χ0) is 21.4. The SMILES string of the molecule is C=C(N)C(CC)CCn1cnc2c(Cl)c(C)c(C)nc21.CC.CC(C)(O)S. The van der Waals surface area contributed by atoms with E-state index in [-0.39, 0.29) is 0 Å². The maximum absolute atomic E-state index is 8.39. The topological polar surface area (TPSA) is 77.0 Å².